The minimum absolute atomic E-state index is 0.102. The van der Waals surface area contributed by atoms with Crippen molar-refractivity contribution in [3.63, 3.8) is 0 Å². The van der Waals surface area contributed by atoms with E-state index in [0.717, 1.165) is 23.7 Å². The number of nitrogens with one attached hydrogen (secondary N) is 1. The van der Waals surface area contributed by atoms with E-state index in [1.54, 1.807) is 12.1 Å². The zero-order valence-electron chi connectivity index (χ0n) is 9.11. The first-order valence-electron chi connectivity index (χ1n) is 5.59. The number of aromatic nitrogens is 1. The highest BCUT2D eigenvalue weighted by Gasteiger charge is 2.24. The second-order valence-corrected chi connectivity index (χ2v) is 4.72. The highest BCUT2D eigenvalue weighted by molar-refractivity contribution is 6.31. The van der Waals surface area contributed by atoms with Crippen molar-refractivity contribution < 1.29 is 4.79 Å². The maximum absolute atomic E-state index is 11.8. The van der Waals surface area contributed by atoms with Gasteiger partial charge in [0.05, 0.1) is 5.52 Å². The second kappa shape index (κ2) is 4.00. The van der Waals surface area contributed by atoms with Crippen LogP contribution in [-0.2, 0) is 0 Å². The summed E-state index contributed by atoms with van der Waals surface area (Å²) in [6, 6.07) is 9.46. The lowest BCUT2D eigenvalue weighted by Crippen LogP contribution is -2.26. The summed E-state index contributed by atoms with van der Waals surface area (Å²) in [5.74, 6) is -0.102. The maximum atomic E-state index is 11.8. The molecule has 2 aromatic rings. The van der Waals surface area contributed by atoms with Gasteiger partial charge in [0.15, 0.2) is 0 Å². The first kappa shape index (κ1) is 10.5. The lowest BCUT2D eigenvalue weighted by molar-refractivity contribution is 0.0946. The van der Waals surface area contributed by atoms with Gasteiger partial charge < -0.3 is 5.32 Å². The molecule has 0 atom stereocenters. The summed E-state index contributed by atoms with van der Waals surface area (Å²) in [5.41, 5.74) is 1.20. The highest BCUT2D eigenvalue weighted by atomic mass is 35.5. The Balaban J connectivity index is 1.96. The van der Waals surface area contributed by atoms with E-state index in [1.807, 2.05) is 18.2 Å². The molecule has 4 heteroatoms. The number of fused-ring (bicyclic) bond motifs is 1. The summed E-state index contributed by atoms with van der Waals surface area (Å²) < 4.78 is 0. The Morgan fingerprint density at radius 1 is 1.29 bits per heavy atom. The highest BCUT2D eigenvalue weighted by Crippen LogP contribution is 2.20. The number of hydrogen-bond acceptors (Lipinski definition) is 2. The molecule has 0 bridgehead atoms. The van der Waals surface area contributed by atoms with E-state index in [9.17, 15) is 4.79 Å². The zero-order valence-corrected chi connectivity index (χ0v) is 9.87. The fourth-order valence-corrected chi connectivity index (χ4v) is 1.87. The van der Waals surface area contributed by atoms with Crippen LogP contribution in [0, 0.1) is 0 Å². The van der Waals surface area contributed by atoms with Crippen LogP contribution in [0.3, 0.4) is 0 Å². The molecular formula is C13H11ClN2O. The molecule has 0 spiro atoms. The number of carbonyl (C=O) groups excluding carboxylic acids is 1. The number of benzene rings is 1. The Labute approximate surface area is 104 Å². The molecule has 3 rings (SSSR count). The summed E-state index contributed by atoms with van der Waals surface area (Å²) in [5, 5.41) is 4.53. The Morgan fingerprint density at radius 3 is 2.82 bits per heavy atom. The molecule has 1 fully saturated rings. The molecule has 1 aliphatic carbocycles. The quantitative estimate of drug-likeness (QED) is 0.885. The summed E-state index contributed by atoms with van der Waals surface area (Å²) in [6.07, 6.45) is 2.15. The molecule has 1 heterocycles. The molecule has 17 heavy (non-hydrogen) atoms. The van der Waals surface area contributed by atoms with E-state index >= 15 is 0 Å². The number of halogens is 1. The summed E-state index contributed by atoms with van der Waals surface area (Å²) in [6.45, 7) is 0. The van der Waals surface area contributed by atoms with Crippen molar-refractivity contribution in [3.8, 4) is 0 Å². The fourth-order valence-electron chi connectivity index (χ4n) is 1.70. The average molecular weight is 247 g/mol. The van der Waals surface area contributed by atoms with Crippen LogP contribution in [0.4, 0.5) is 0 Å². The zero-order chi connectivity index (χ0) is 11.8. The SMILES string of the molecule is O=C(NC1CC1)c1ccc2ccc(Cl)cc2n1. The minimum Gasteiger partial charge on any atom is -0.348 e. The van der Waals surface area contributed by atoms with Gasteiger partial charge in [-0.05, 0) is 31.0 Å². The van der Waals surface area contributed by atoms with Crippen LogP contribution >= 0.6 is 11.6 Å². The predicted octanol–water partition coefficient (Wildman–Crippen LogP) is 2.78. The third-order valence-corrected chi connectivity index (χ3v) is 3.03. The van der Waals surface area contributed by atoms with Crippen molar-refractivity contribution in [1.29, 1.82) is 0 Å². The van der Waals surface area contributed by atoms with Gasteiger partial charge >= 0.3 is 0 Å². The fraction of sp³-hybridized carbons (Fsp3) is 0.231. The standard InChI is InChI=1S/C13H11ClN2O/c14-9-3-1-8-2-6-11(16-12(8)7-9)13(17)15-10-4-5-10/h1-3,6-7,10H,4-5H2,(H,15,17). The Morgan fingerprint density at radius 2 is 2.06 bits per heavy atom. The Bertz CT molecular complexity index is 593. The molecule has 3 nitrogen and oxygen atoms in total. The monoisotopic (exact) mass is 246 g/mol. The molecule has 0 saturated heterocycles. The van der Waals surface area contributed by atoms with Crippen molar-refractivity contribution in [2.75, 3.05) is 0 Å². The topological polar surface area (TPSA) is 42.0 Å². The van der Waals surface area contributed by atoms with Gasteiger partial charge in [-0.3, -0.25) is 4.79 Å². The van der Waals surface area contributed by atoms with Crippen molar-refractivity contribution >= 4 is 28.4 Å². The van der Waals surface area contributed by atoms with Crippen LogP contribution < -0.4 is 5.32 Å². The Hall–Kier alpha value is -1.61. The number of nitrogens with zero attached hydrogens (tertiary/aromatic N) is 1. The van der Waals surface area contributed by atoms with Crippen molar-refractivity contribution in [1.82, 2.24) is 10.3 Å². The minimum atomic E-state index is -0.102. The molecule has 1 aromatic heterocycles. The van der Waals surface area contributed by atoms with Crippen LogP contribution in [-0.4, -0.2) is 16.9 Å². The molecular weight excluding hydrogens is 236 g/mol. The molecule has 0 aliphatic heterocycles. The third-order valence-electron chi connectivity index (χ3n) is 2.80. The van der Waals surface area contributed by atoms with Crippen LogP contribution in [0.5, 0.6) is 0 Å². The lowest BCUT2D eigenvalue weighted by Gasteiger charge is -2.04. The largest absolute Gasteiger partial charge is 0.348 e. The van der Waals surface area contributed by atoms with Gasteiger partial charge in [0.25, 0.3) is 5.91 Å². The van der Waals surface area contributed by atoms with E-state index in [2.05, 4.69) is 10.3 Å². The second-order valence-electron chi connectivity index (χ2n) is 4.28. The van der Waals surface area contributed by atoms with Crippen LogP contribution in [0.15, 0.2) is 30.3 Å². The number of carbonyl (C=O) groups is 1. The molecule has 86 valence electrons. The predicted molar refractivity (Wildman–Crippen MR) is 67.2 cm³/mol. The third kappa shape index (κ3) is 2.24. The number of rotatable bonds is 2. The lowest BCUT2D eigenvalue weighted by atomic mass is 10.2. The molecule has 1 aliphatic rings. The first-order valence-corrected chi connectivity index (χ1v) is 5.97. The normalized spacial score (nSPS) is 14.9. The van der Waals surface area contributed by atoms with Gasteiger partial charge in [-0.1, -0.05) is 23.7 Å². The van der Waals surface area contributed by atoms with E-state index in [0.29, 0.717) is 16.8 Å². The van der Waals surface area contributed by atoms with Gasteiger partial charge in [-0.2, -0.15) is 0 Å². The van der Waals surface area contributed by atoms with E-state index < -0.39 is 0 Å². The molecule has 0 radical (unpaired) electrons. The maximum Gasteiger partial charge on any atom is 0.270 e. The number of hydrogen-bond donors (Lipinski definition) is 1. The van der Waals surface area contributed by atoms with E-state index in [4.69, 9.17) is 11.6 Å². The van der Waals surface area contributed by atoms with E-state index in [1.165, 1.54) is 0 Å². The Kier molecular flexibility index (Phi) is 2.48. The van der Waals surface area contributed by atoms with Gasteiger partial charge in [0, 0.05) is 16.5 Å². The van der Waals surface area contributed by atoms with Gasteiger partial charge in [-0.25, -0.2) is 4.98 Å². The summed E-state index contributed by atoms with van der Waals surface area (Å²) >= 11 is 5.90. The van der Waals surface area contributed by atoms with Gasteiger partial charge in [-0.15, -0.1) is 0 Å². The average Bonchev–Trinajstić information content (AvgIpc) is 3.12. The number of amides is 1. The molecule has 0 unspecified atom stereocenters. The first-order chi connectivity index (χ1) is 8.22. The van der Waals surface area contributed by atoms with Crippen molar-refractivity contribution in [2.45, 2.75) is 18.9 Å². The summed E-state index contributed by atoms with van der Waals surface area (Å²) in [7, 11) is 0. The summed E-state index contributed by atoms with van der Waals surface area (Å²) in [4.78, 5) is 16.1. The molecule has 1 amide bonds. The van der Waals surface area contributed by atoms with E-state index in [-0.39, 0.29) is 5.91 Å². The number of pyridine rings is 1. The molecule has 1 N–H and O–H groups in total. The smallest absolute Gasteiger partial charge is 0.270 e. The molecule has 1 aromatic carbocycles. The van der Waals surface area contributed by atoms with Crippen LogP contribution in [0.1, 0.15) is 23.3 Å². The molecule has 1 saturated carbocycles. The van der Waals surface area contributed by atoms with Crippen molar-refractivity contribution in [2.24, 2.45) is 0 Å². The van der Waals surface area contributed by atoms with Gasteiger partial charge in [0.1, 0.15) is 5.69 Å². The van der Waals surface area contributed by atoms with Crippen LogP contribution in [0.25, 0.3) is 10.9 Å². The van der Waals surface area contributed by atoms with Crippen LogP contribution in [0.2, 0.25) is 5.02 Å². The van der Waals surface area contributed by atoms with Crippen molar-refractivity contribution in [3.05, 3.63) is 41.0 Å². The van der Waals surface area contributed by atoms with Gasteiger partial charge in [0.2, 0.25) is 0 Å².